The minimum atomic E-state index is -0.150. The Morgan fingerprint density at radius 3 is 2.79 bits per heavy atom. The van der Waals surface area contributed by atoms with E-state index < -0.39 is 0 Å². The summed E-state index contributed by atoms with van der Waals surface area (Å²) in [5.41, 5.74) is 0.548. The molecule has 0 aliphatic heterocycles. The first-order chi connectivity index (χ1) is 11.5. The number of thiophene rings is 1. The molecule has 124 valence electrons. The molecule has 0 aliphatic rings. The van der Waals surface area contributed by atoms with Gasteiger partial charge in [-0.1, -0.05) is 29.8 Å². The van der Waals surface area contributed by atoms with Crippen LogP contribution in [0.1, 0.15) is 36.9 Å². The van der Waals surface area contributed by atoms with Gasteiger partial charge < -0.3 is 0 Å². The summed E-state index contributed by atoms with van der Waals surface area (Å²) in [7, 11) is 0. The number of fused-ring (bicyclic) bond motifs is 1. The number of hydrogen-bond donors (Lipinski definition) is 0. The van der Waals surface area contributed by atoms with Crippen LogP contribution in [-0.2, 0) is 0 Å². The third-order valence-corrected chi connectivity index (χ3v) is 5.83. The zero-order valence-corrected chi connectivity index (χ0v) is 17.2. The fourth-order valence-corrected chi connectivity index (χ4v) is 3.94. The first-order valence-corrected chi connectivity index (χ1v) is 9.91. The highest BCUT2D eigenvalue weighted by Crippen LogP contribution is 2.22. The van der Waals surface area contributed by atoms with E-state index >= 15 is 0 Å². The Kier molecular flexibility index (Phi) is 5.32. The Labute approximate surface area is 160 Å². The molecular formula is C17H15Br2N3OS. The highest BCUT2D eigenvalue weighted by molar-refractivity contribution is 9.11. The van der Waals surface area contributed by atoms with Crippen molar-refractivity contribution in [3.63, 3.8) is 0 Å². The van der Waals surface area contributed by atoms with E-state index in [1.54, 1.807) is 23.6 Å². The van der Waals surface area contributed by atoms with Crippen LogP contribution in [0.4, 0.5) is 0 Å². The van der Waals surface area contributed by atoms with Crippen LogP contribution in [0.5, 0.6) is 0 Å². The predicted octanol–water partition coefficient (Wildman–Crippen LogP) is 5.38. The Morgan fingerprint density at radius 2 is 2.12 bits per heavy atom. The number of nitrogens with zero attached hydrogens (tertiary/aromatic N) is 3. The van der Waals surface area contributed by atoms with Crippen molar-refractivity contribution in [3.8, 4) is 0 Å². The zero-order valence-electron chi connectivity index (χ0n) is 13.2. The van der Waals surface area contributed by atoms with Crippen LogP contribution in [0.25, 0.3) is 10.9 Å². The van der Waals surface area contributed by atoms with Gasteiger partial charge in [0.1, 0.15) is 5.82 Å². The minimum Gasteiger partial charge on any atom is -0.267 e. The summed E-state index contributed by atoms with van der Waals surface area (Å²) in [4.78, 5) is 18.6. The summed E-state index contributed by atoms with van der Waals surface area (Å²) in [5.74, 6) is 0.821. The second-order valence-corrected chi connectivity index (χ2v) is 8.85. The van der Waals surface area contributed by atoms with E-state index in [2.05, 4.69) is 55.8 Å². The van der Waals surface area contributed by atoms with Crippen LogP contribution < -0.4 is 5.56 Å². The molecule has 24 heavy (non-hydrogen) atoms. The van der Waals surface area contributed by atoms with Gasteiger partial charge in [-0.25, -0.2) is 4.98 Å². The summed E-state index contributed by atoms with van der Waals surface area (Å²) in [6.07, 6.45) is 2.59. The van der Waals surface area contributed by atoms with E-state index in [9.17, 15) is 4.79 Å². The Bertz CT molecular complexity index is 978. The van der Waals surface area contributed by atoms with Crippen molar-refractivity contribution < 1.29 is 0 Å². The smallest absolute Gasteiger partial charge is 0.267 e. The second-order valence-electron chi connectivity index (χ2n) is 5.44. The van der Waals surface area contributed by atoms with E-state index in [0.717, 1.165) is 19.6 Å². The summed E-state index contributed by atoms with van der Waals surface area (Å²) < 4.78 is 3.30. The maximum Gasteiger partial charge on any atom is 0.282 e. The van der Waals surface area contributed by atoms with Gasteiger partial charge >= 0.3 is 0 Å². The van der Waals surface area contributed by atoms with Gasteiger partial charge in [0.25, 0.3) is 5.56 Å². The molecule has 3 rings (SSSR count). The lowest BCUT2D eigenvalue weighted by atomic mass is 10.1. The number of aromatic nitrogens is 2. The molecule has 0 N–H and O–H groups in total. The van der Waals surface area contributed by atoms with Crippen LogP contribution in [0.15, 0.2) is 48.5 Å². The summed E-state index contributed by atoms with van der Waals surface area (Å²) in [5, 5.41) is 4.99. The third kappa shape index (κ3) is 3.53. The molecule has 0 saturated heterocycles. The molecule has 1 aromatic carbocycles. The Hall–Kier alpha value is -1.31. The lowest BCUT2D eigenvalue weighted by molar-refractivity contribution is 0.613. The van der Waals surface area contributed by atoms with Crippen molar-refractivity contribution in [1.82, 2.24) is 9.66 Å². The van der Waals surface area contributed by atoms with Gasteiger partial charge in [-0.15, -0.1) is 11.3 Å². The van der Waals surface area contributed by atoms with Crippen LogP contribution in [0.3, 0.4) is 0 Å². The Balaban J connectivity index is 2.20. The fraction of sp³-hybridized carbons (Fsp3) is 0.235. The SMILES string of the molecule is CC[C@H](C)c1nc2ccc(Br)cc2c(=O)n1N=Cc1ccc(Br)s1. The third-order valence-electron chi connectivity index (χ3n) is 3.78. The molecule has 0 saturated carbocycles. The molecule has 2 aromatic heterocycles. The number of halogens is 2. The van der Waals surface area contributed by atoms with E-state index in [0.29, 0.717) is 16.7 Å². The van der Waals surface area contributed by atoms with Crippen LogP contribution in [0.2, 0.25) is 0 Å². The van der Waals surface area contributed by atoms with Crippen LogP contribution in [-0.4, -0.2) is 15.9 Å². The van der Waals surface area contributed by atoms with Crippen molar-refractivity contribution in [2.24, 2.45) is 5.10 Å². The maximum absolute atomic E-state index is 12.9. The van der Waals surface area contributed by atoms with Crippen molar-refractivity contribution in [2.75, 3.05) is 0 Å². The first-order valence-electron chi connectivity index (χ1n) is 7.51. The van der Waals surface area contributed by atoms with Gasteiger partial charge in [-0.05, 0) is 52.7 Å². The monoisotopic (exact) mass is 467 g/mol. The first kappa shape index (κ1) is 17.5. The topological polar surface area (TPSA) is 47.2 Å². The molecule has 4 nitrogen and oxygen atoms in total. The van der Waals surface area contributed by atoms with Gasteiger partial charge in [-0.2, -0.15) is 9.78 Å². The standard InChI is InChI=1S/C17H15Br2N3OS/c1-3-10(2)16-21-14-6-4-11(18)8-13(14)17(23)22(16)20-9-12-5-7-15(19)24-12/h4-10H,3H2,1-2H3/t10-/m0/s1. The van der Waals surface area contributed by atoms with Crippen LogP contribution in [0, 0.1) is 0 Å². The van der Waals surface area contributed by atoms with E-state index in [-0.39, 0.29) is 11.5 Å². The molecule has 2 heterocycles. The lowest BCUT2D eigenvalue weighted by Crippen LogP contribution is -2.23. The lowest BCUT2D eigenvalue weighted by Gasteiger charge is -2.13. The molecule has 3 aromatic rings. The molecule has 0 amide bonds. The summed E-state index contributed by atoms with van der Waals surface area (Å²) in [6.45, 7) is 4.13. The van der Waals surface area contributed by atoms with Gasteiger partial charge in [0, 0.05) is 15.3 Å². The summed E-state index contributed by atoms with van der Waals surface area (Å²) >= 11 is 8.41. The summed E-state index contributed by atoms with van der Waals surface area (Å²) in [6, 6.07) is 9.46. The number of hydrogen-bond acceptors (Lipinski definition) is 4. The quantitative estimate of drug-likeness (QED) is 0.482. The normalized spacial score (nSPS) is 13.0. The van der Waals surface area contributed by atoms with Gasteiger partial charge in [0.15, 0.2) is 0 Å². The van der Waals surface area contributed by atoms with Crippen molar-refractivity contribution in [1.29, 1.82) is 0 Å². The maximum atomic E-state index is 12.9. The second kappa shape index (κ2) is 7.29. The van der Waals surface area contributed by atoms with E-state index in [1.165, 1.54) is 4.68 Å². The van der Waals surface area contributed by atoms with Gasteiger partial charge in [-0.3, -0.25) is 4.79 Å². The molecule has 0 aliphatic carbocycles. The molecule has 0 bridgehead atoms. The molecule has 7 heteroatoms. The van der Waals surface area contributed by atoms with Gasteiger partial charge in [0.05, 0.1) is 20.9 Å². The zero-order chi connectivity index (χ0) is 17.3. The fourth-order valence-electron chi connectivity index (χ4n) is 2.29. The van der Waals surface area contributed by atoms with Crippen molar-refractivity contribution >= 4 is 60.3 Å². The minimum absolute atomic E-state index is 0.137. The highest BCUT2D eigenvalue weighted by atomic mass is 79.9. The molecule has 0 spiro atoms. The molecule has 0 unspecified atom stereocenters. The van der Waals surface area contributed by atoms with Crippen molar-refractivity contribution in [3.05, 3.63) is 59.6 Å². The average Bonchev–Trinajstić information content (AvgIpc) is 2.99. The number of rotatable bonds is 4. The van der Waals surface area contributed by atoms with Crippen molar-refractivity contribution in [2.45, 2.75) is 26.2 Å². The van der Waals surface area contributed by atoms with E-state index in [1.807, 2.05) is 24.3 Å². The molecule has 0 fully saturated rings. The molecular weight excluding hydrogens is 454 g/mol. The highest BCUT2D eigenvalue weighted by Gasteiger charge is 2.15. The largest absolute Gasteiger partial charge is 0.282 e. The Morgan fingerprint density at radius 1 is 1.33 bits per heavy atom. The number of benzene rings is 1. The predicted molar refractivity (Wildman–Crippen MR) is 107 cm³/mol. The van der Waals surface area contributed by atoms with Gasteiger partial charge in [0.2, 0.25) is 0 Å². The molecule has 1 atom stereocenters. The van der Waals surface area contributed by atoms with Crippen LogP contribution >= 0.6 is 43.2 Å². The van der Waals surface area contributed by atoms with E-state index in [4.69, 9.17) is 0 Å². The molecule has 0 radical (unpaired) electrons. The average molecular weight is 469 g/mol.